The number of amides is 1. The normalized spacial score (nSPS) is 25.5. The number of nitrogens with one attached hydrogen (secondary N) is 2. The highest BCUT2D eigenvalue weighted by Gasteiger charge is 2.55. The topological polar surface area (TPSA) is 83.1 Å². The minimum Gasteiger partial charge on any atom is -0.508 e. The van der Waals surface area contributed by atoms with Crippen LogP contribution in [0.4, 0.5) is 0 Å². The molecule has 2 aliphatic heterocycles. The zero-order chi connectivity index (χ0) is 21.1. The van der Waals surface area contributed by atoms with Gasteiger partial charge < -0.3 is 19.5 Å². The highest BCUT2D eigenvalue weighted by molar-refractivity contribution is 5.86. The summed E-state index contributed by atoms with van der Waals surface area (Å²) in [5, 5.41) is 10.5. The van der Waals surface area contributed by atoms with E-state index in [1.807, 2.05) is 48.2 Å². The lowest BCUT2D eigenvalue weighted by molar-refractivity contribution is -0.131. The van der Waals surface area contributed by atoms with Crippen molar-refractivity contribution in [3.05, 3.63) is 59.7 Å². The van der Waals surface area contributed by atoms with E-state index in [0.29, 0.717) is 19.8 Å². The Morgan fingerprint density at radius 3 is 2.67 bits per heavy atom. The van der Waals surface area contributed by atoms with Crippen LogP contribution in [0.2, 0.25) is 0 Å². The summed E-state index contributed by atoms with van der Waals surface area (Å²) in [5.74, 6) is 1.00. The fourth-order valence-electron chi connectivity index (χ4n) is 4.70. The molecule has 160 valence electrons. The van der Waals surface area contributed by atoms with Crippen LogP contribution in [-0.2, 0) is 9.53 Å². The number of methoxy groups -OCH3 is 1. The molecule has 30 heavy (non-hydrogen) atoms. The second-order valence-corrected chi connectivity index (χ2v) is 7.71. The molecule has 0 bridgehead atoms. The summed E-state index contributed by atoms with van der Waals surface area (Å²) in [6.45, 7) is 3.75. The number of hydrogen-bond acceptors (Lipinski definition) is 6. The van der Waals surface area contributed by atoms with Gasteiger partial charge in [0.05, 0.1) is 18.7 Å². The fourth-order valence-corrected chi connectivity index (χ4v) is 4.70. The molecule has 3 N–H and O–H groups in total. The highest BCUT2D eigenvalue weighted by Crippen LogP contribution is 2.48. The number of likely N-dealkylation sites (tertiary alicyclic amines) is 1. The third kappa shape index (κ3) is 3.76. The van der Waals surface area contributed by atoms with Gasteiger partial charge in [-0.15, -0.1) is 0 Å². The molecule has 4 rings (SSSR count). The Morgan fingerprint density at radius 1 is 1.10 bits per heavy atom. The second-order valence-electron chi connectivity index (χ2n) is 7.71. The number of nitrogens with zero attached hydrogens (tertiary/aromatic N) is 1. The Labute approximate surface area is 177 Å². The number of phenolic OH excluding ortho intramolecular Hbond substituents is 1. The van der Waals surface area contributed by atoms with E-state index in [1.54, 1.807) is 19.2 Å². The molecule has 2 aromatic rings. The number of hydrazine groups is 1. The molecule has 7 nitrogen and oxygen atoms in total. The van der Waals surface area contributed by atoms with Crippen molar-refractivity contribution < 1.29 is 19.4 Å². The summed E-state index contributed by atoms with van der Waals surface area (Å²) in [6.07, 6.45) is 0.762. The zero-order valence-corrected chi connectivity index (χ0v) is 17.4. The van der Waals surface area contributed by atoms with Crippen LogP contribution in [0, 0.1) is 5.92 Å². The predicted octanol–water partition coefficient (Wildman–Crippen LogP) is 2.54. The lowest BCUT2D eigenvalue weighted by Gasteiger charge is -2.31. The molecule has 0 spiro atoms. The summed E-state index contributed by atoms with van der Waals surface area (Å²) in [6, 6.07) is 14.6. The van der Waals surface area contributed by atoms with Crippen LogP contribution < -0.4 is 15.6 Å². The Morgan fingerprint density at radius 2 is 1.90 bits per heavy atom. The largest absolute Gasteiger partial charge is 0.508 e. The van der Waals surface area contributed by atoms with Gasteiger partial charge in [-0.25, -0.2) is 10.9 Å². The Balaban J connectivity index is 1.73. The molecule has 7 heteroatoms. The van der Waals surface area contributed by atoms with E-state index >= 15 is 0 Å². The SMILES string of the molecule is CCOc1cccc(C2C3C(NNC3c3ccccc3O)C(=O)N2CCCOC)c1. The molecule has 0 aromatic heterocycles. The van der Waals surface area contributed by atoms with Crippen molar-refractivity contribution in [3.8, 4) is 11.5 Å². The molecule has 2 aliphatic rings. The minimum absolute atomic E-state index is 0.0633. The standard InChI is InChI=1S/C23H29N3O4/c1-3-30-16-9-6-8-15(14-16)22-19-20(17-10-4-5-11-18(17)27)24-25-21(19)23(28)26(22)12-7-13-29-2/h4-6,8-11,14,19-22,24-25,27H,3,7,12-13H2,1-2H3. The van der Waals surface area contributed by atoms with Gasteiger partial charge in [-0.3, -0.25) is 4.79 Å². The molecular formula is C23H29N3O4. The Hall–Kier alpha value is -2.61. The van der Waals surface area contributed by atoms with Gasteiger partial charge in [0, 0.05) is 31.7 Å². The van der Waals surface area contributed by atoms with E-state index in [4.69, 9.17) is 9.47 Å². The lowest BCUT2D eigenvalue weighted by atomic mass is 9.83. The number of carbonyl (C=O) groups is 1. The van der Waals surface area contributed by atoms with Gasteiger partial charge in [0.1, 0.15) is 17.5 Å². The van der Waals surface area contributed by atoms with Crippen molar-refractivity contribution in [2.75, 3.05) is 26.9 Å². The van der Waals surface area contributed by atoms with E-state index in [1.165, 1.54) is 0 Å². The Bertz CT molecular complexity index is 890. The number of benzene rings is 2. The van der Waals surface area contributed by atoms with Crippen molar-refractivity contribution in [1.29, 1.82) is 0 Å². The van der Waals surface area contributed by atoms with Crippen molar-refractivity contribution >= 4 is 5.91 Å². The number of carbonyl (C=O) groups excluding carboxylic acids is 1. The van der Waals surface area contributed by atoms with Crippen LogP contribution in [0.5, 0.6) is 11.5 Å². The molecule has 0 saturated carbocycles. The average Bonchev–Trinajstić information content (AvgIpc) is 3.28. The summed E-state index contributed by atoms with van der Waals surface area (Å²) in [7, 11) is 1.67. The maximum atomic E-state index is 13.3. The van der Waals surface area contributed by atoms with E-state index in [0.717, 1.165) is 23.3 Å². The van der Waals surface area contributed by atoms with Gasteiger partial charge >= 0.3 is 0 Å². The van der Waals surface area contributed by atoms with Crippen LogP contribution in [0.25, 0.3) is 0 Å². The number of phenols is 1. The summed E-state index contributed by atoms with van der Waals surface area (Å²) < 4.78 is 10.9. The number of hydrogen-bond donors (Lipinski definition) is 3. The molecule has 2 heterocycles. The molecule has 1 amide bonds. The van der Waals surface area contributed by atoms with E-state index in [9.17, 15) is 9.90 Å². The van der Waals surface area contributed by atoms with E-state index in [-0.39, 0.29) is 35.7 Å². The first-order valence-corrected chi connectivity index (χ1v) is 10.5. The van der Waals surface area contributed by atoms with Crippen molar-refractivity contribution in [1.82, 2.24) is 15.8 Å². The molecule has 4 unspecified atom stereocenters. The molecule has 2 aromatic carbocycles. The van der Waals surface area contributed by atoms with Crippen molar-refractivity contribution in [2.45, 2.75) is 31.5 Å². The highest BCUT2D eigenvalue weighted by atomic mass is 16.5. The third-order valence-electron chi connectivity index (χ3n) is 5.94. The molecule has 0 aliphatic carbocycles. The second kappa shape index (κ2) is 9.04. The summed E-state index contributed by atoms with van der Waals surface area (Å²) in [4.78, 5) is 15.3. The fraction of sp³-hybridized carbons (Fsp3) is 0.435. The first-order chi connectivity index (χ1) is 14.7. The van der Waals surface area contributed by atoms with Crippen LogP contribution in [0.15, 0.2) is 48.5 Å². The van der Waals surface area contributed by atoms with Gasteiger partial charge in [-0.2, -0.15) is 0 Å². The van der Waals surface area contributed by atoms with Crippen LogP contribution in [0.1, 0.15) is 36.6 Å². The van der Waals surface area contributed by atoms with Gasteiger partial charge in [-0.05, 0) is 37.1 Å². The van der Waals surface area contributed by atoms with E-state index < -0.39 is 0 Å². The van der Waals surface area contributed by atoms with E-state index in [2.05, 4.69) is 10.9 Å². The maximum absolute atomic E-state index is 13.3. The van der Waals surface area contributed by atoms with Crippen molar-refractivity contribution in [3.63, 3.8) is 0 Å². The molecule has 0 radical (unpaired) electrons. The number of ether oxygens (including phenoxy) is 2. The molecule has 4 atom stereocenters. The molecular weight excluding hydrogens is 382 g/mol. The molecule has 2 saturated heterocycles. The summed E-state index contributed by atoms with van der Waals surface area (Å²) >= 11 is 0. The molecule has 2 fully saturated rings. The quantitative estimate of drug-likeness (QED) is 0.579. The van der Waals surface area contributed by atoms with Gasteiger partial charge in [-0.1, -0.05) is 30.3 Å². The zero-order valence-electron chi connectivity index (χ0n) is 17.4. The first-order valence-electron chi connectivity index (χ1n) is 10.5. The predicted molar refractivity (Wildman–Crippen MR) is 113 cm³/mol. The monoisotopic (exact) mass is 411 g/mol. The van der Waals surface area contributed by atoms with Gasteiger partial charge in [0.15, 0.2) is 0 Å². The summed E-state index contributed by atoms with van der Waals surface area (Å²) in [5.41, 5.74) is 8.27. The van der Waals surface area contributed by atoms with Gasteiger partial charge in [0.2, 0.25) is 5.91 Å². The third-order valence-corrected chi connectivity index (χ3v) is 5.94. The first kappa shape index (κ1) is 20.7. The number of aromatic hydroxyl groups is 1. The number of para-hydroxylation sites is 1. The lowest BCUT2D eigenvalue weighted by Crippen LogP contribution is -2.41. The Kier molecular flexibility index (Phi) is 6.22. The smallest absolute Gasteiger partial charge is 0.242 e. The number of fused-ring (bicyclic) bond motifs is 1. The number of rotatable bonds is 8. The average molecular weight is 412 g/mol. The van der Waals surface area contributed by atoms with Crippen molar-refractivity contribution in [2.24, 2.45) is 5.92 Å². The minimum atomic E-state index is -0.363. The van der Waals surface area contributed by atoms with Crippen LogP contribution >= 0.6 is 0 Å². The maximum Gasteiger partial charge on any atom is 0.242 e. The van der Waals surface area contributed by atoms with Crippen LogP contribution in [0.3, 0.4) is 0 Å². The van der Waals surface area contributed by atoms with Gasteiger partial charge in [0.25, 0.3) is 0 Å². The van der Waals surface area contributed by atoms with Crippen LogP contribution in [-0.4, -0.2) is 48.8 Å².